The van der Waals surface area contributed by atoms with Crippen LogP contribution in [0.4, 0.5) is 4.79 Å². The van der Waals surface area contributed by atoms with Gasteiger partial charge in [-0.25, -0.2) is 4.79 Å². The molecule has 168 valence electrons. The van der Waals surface area contributed by atoms with Crippen molar-refractivity contribution in [2.75, 3.05) is 26.8 Å². The van der Waals surface area contributed by atoms with Crippen LogP contribution < -0.4 is 0 Å². The number of ether oxygens (including phenoxy) is 2. The lowest BCUT2D eigenvalue weighted by atomic mass is 9.79. The number of esters is 2. The van der Waals surface area contributed by atoms with Gasteiger partial charge in [0.25, 0.3) is 0 Å². The van der Waals surface area contributed by atoms with E-state index in [1.165, 1.54) is 0 Å². The topological polar surface area (TPSA) is 151 Å². The van der Waals surface area contributed by atoms with Crippen LogP contribution in [-0.4, -0.2) is 88.8 Å². The number of rotatable bonds is 9. The number of aliphatic hydroxyl groups is 2. The van der Waals surface area contributed by atoms with Crippen LogP contribution in [0.25, 0.3) is 0 Å². The van der Waals surface area contributed by atoms with Crippen LogP contribution in [0.2, 0.25) is 0 Å². The van der Waals surface area contributed by atoms with Gasteiger partial charge in [-0.1, -0.05) is 19.8 Å². The van der Waals surface area contributed by atoms with Crippen molar-refractivity contribution >= 4 is 29.8 Å². The summed E-state index contributed by atoms with van der Waals surface area (Å²) in [4.78, 5) is 61.0. The first-order valence-electron chi connectivity index (χ1n) is 10.00. The number of amides is 4. The van der Waals surface area contributed by atoms with Gasteiger partial charge in [-0.15, -0.1) is 0 Å². The zero-order valence-corrected chi connectivity index (χ0v) is 17.1. The fourth-order valence-corrected chi connectivity index (χ4v) is 3.42. The summed E-state index contributed by atoms with van der Waals surface area (Å²) in [6, 6.07) is -0.861. The molecular formula is C19H28N2O9. The molecule has 0 aromatic carbocycles. The van der Waals surface area contributed by atoms with Gasteiger partial charge in [0.15, 0.2) is 0 Å². The predicted molar refractivity (Wildman–Crippen MR) is 99.5 cm³/mol. The van der Waals surface area contributed by atoms with Crippen molar-refractivity contribution in [1.29, 1.82) is 0 Å². The Kier molecular flexibility index (Phi) is 8.30. The highest BCUT2D eigenvalue weighted by molar-refractivity contribution is 6.44. The molecule has 2 fully saturated rings. The number of aliphatic hydroxyl groups excluding tert-OH is 2. The fraction of sp³-hybridized carbons (Fsp3) is 0.737. The van der Waals surface area contributed by atoms with Crippen molar-refractivity contribution in [1.82, 2.24) is 9.80 Å². The molecule has 1 saturated carbocycles. The average molecular weight is 428 g/mol. The highest BCUT2D eigenvalue weighted by atomic mass is 16.6. The number of likely N-dealkylation sites (N-methyl/N-ethyl adjacent to an activating group) is 1. The van der Waals surface area contributed by atoms with Gasteiger partial charge in [-0.2, -0.15) is 0 Å². The second kappa shape index (κ2) is 10.5. The maximum atomic E-state index is 12.5. The van der Waals surface area contributed by atoms with Crippen molar-refractivity contribution in [3.8, 4) is 0 Å². The first-order valence-corrected chi connectivity index (χ1v) is 10.00. The van der Waals surface area contributed by atoms with Gasteiger partial charge >= 0.3 is 29.8 Å². The Labute approximate surface area is 173 Å². The van der Waals surface area contributed by atoms with E-state index in [0.717, 1.165) is 19.9 Å². The predicted octanol–water partition coefficient (Wildman–Crippen LogP) is -0.568. The Morgan fingerprint density at radius 3 is 1.90 bits per heavy atom. The Bertz CT molecular complexity index is 695. The molecular weight excluding hydrogens is 400 g/mol. The maximum Gasteiger partial charge on any atom is 0.334 e. The summed E-state index contributed by atoms with van der Waals surface area (Å²) in [5, 5.41) is 19.6. The SMILES string of the molecule is CCC(O)COC(=O)C1CCCCC1C(=O)OCC(O)CN1C(=O)C(=O)N(C)C1=O. The summed E-state index contributed by atoms with van der Waals surface area (Å²) < 4.78 is 10.2. The third-order valence-electron chi connectivity index (χ3n) is 5.32. The Balaban J connectivity index is 1.87. The van der Waals surface area contributed by atoms with Crippen LogP contribution in [0.1, 0.15) is 39.0 Å². The second-order valence-corrected chi connectivity index (χ2v) is 7.54. The number of carbonyl (C=O) groups is 5. The Hall–Kier alpha value is -2.53. The van der Waals surface area contributed by atoms with Gasteiger partial charge < -0.3 is 19.7 Å². The number of imide groups is 2. The van der Waals surface area contributed by atoms with Gasteiger partial charge in [-0.05, 0) is 19.3 Å². The van der Waals surface area contributed by atoms with Crippen LogP contribution in [0.3, 0.4) is 0 Å². The van der Waals surface area contributed by atoms with Crippen LogP contribution in [0.15, 0.2) is 0 Å². The molecule has 0 aromatic heterocycles. The zero-order chi connectivity index (χ0) is 22.4. The van der Waals surface area contributed by atoms with E-state index in [0.29, 0.717) is 29.1 Å². The van der Waals surface area contributed by atoms with Crippen molar-refractivity contribution in [3.63, 3.8) is 0 Å². The maximum absolute atomic E-state index is 12.5. The van der Waals surface area contributed by atoms with Crippen molar-refractivity contribution in [2.45, 2.75) is 51.2 Å². The molecule has 0 spiro atoms. The van der Waals surface area contributed by atoms with E-state index in [2.05, 4.69) is 0 Å². The standard InChI is InChI=1S/C19H28N2O9/c1-3-11(22)9-29-17(26)13-6-4-5-7-14(13)18(27)30-10-12(23)8-21-16(25)15(24)20(2)19(21)28/h11-14,22-23H,3-10H2,1-2H3. The van der Waals surface area contributed by atoms with Crippen molar-refractivity contribution in [2.24, 2.45) is 11.8 Å². The van der Waals surface area contributed by atoms with Crippen LogP contribution in [-0.2, 0) is 28.7 Å². The minimum absolute atomic E-state index is 0.141. The molecule has 0 bridgehead atoms. The monoisotopic (exact) mass is 428 g/mol. The molecule has 4 atom stereocenters. The minimum Gasteiger partial charge on any atom is -0.463 e. The lowest BCUT2D eigenvalue weighted by molar-refractivity contribution is -0.166. The number of nitrogens with zero attached hydrogens (tertiary/aromatic N) is 2. The molecule has 2 N–H and O–H groups in total. The smallest absolute Gasteiger partial charge is 0.334 e. The first-order chi connectivity index (χ1) is 14.2. The van der Waals surface area contributed by atoms with Crippen LogP contribution in [0.5, 0.6) is 0 Å². The highest BCUT2D eigenvalue weighted by Gasteiger charge is 2.43. The summed E-state index contributed by atoms with van der Waals surface area (Å²) in [7, 11) is 1.15. The second-order valence-electron chi connectivity index (χ2n) is 7.54. The van der Waals surface area contributed by atoms with Gasteiger partial charge in [0.1, 0.15) is 19.3 Å². The molecule has 1 aliphatic heterocycles. The first kappa shape index (κ1) is 23.7. The average Bonchev–Trinajstić information content (AvgIpc) is 2.93. The van der Waals surface area contributed by atoms with Crippen LogP contribution >= 0.6 is 0 Å². The summed E-state index contributed by atoms with van der Waals surface area (Å²) >= 11 is 0. The van der Waals surface area contributed by atoms with E-state index >= 15 is 0 Å². The number of hydrogen-bond acceptors (Lipinski definition) is 9. The Morgan fingerprint density at radius 2 is 1.47 bits per heavy atom. The number of hydrogen-bond donors (Lipinski definition) is 2. The van der Waals surface area contributed by atoms with Crippen LogP contribution in [0, 0.1) is 11.8 Å². The number of urea groups is 1. The van der Waals surface area contributed by atoms with E-state index in [1.54, 1.807) is 6.92 Å². The highest BCUT2D eigenvalue weighted by Crippen LogP contribution is 2.32. The fourth-order valence-electron chi connectivity index (χ4n) is 3.42. The van der Waals surface area contributed by atoms with Gasteiger partial charge in [0, 0.05) is 7.05 Å². The molecule has 1 aliphatic carbocycles. The summed E-state index contributed by atoms with van der Waals surface area (Å²) in [5.74, 6) is -4.74. The summed E-state index contributed by atoms with van der Waals surface area (Å²) in [6.45, 7) is 0.617. The van der Waals surface area contributed by atoms with Crippen molar-refractivity contribution in [3.05, 3.63) is 0 Å². The third-order valence-corrected chi connectivity index (χ3v) is 5.32. The lowest BCUT2D eigenvalue weighted by Crippen LogP contribution is -2.41. The number of β-amino-alcohol motifs (C(OH)–C–C–N with tert-alkyl or cyclic N) is 1. The molecule has 2 aliphatic rings. The van der Waals surface area contributed by atoms with Gasteiger partial charge in [0.05, 0.1) is 24.5 Å². The van der Waals surface area contributed by atoms with E-state index < -0.39 is 67.0 Å². The minimum atomic E-state index is -1.38. The summed E-state index contributed by atoms with van der Waals surface area (Å²) in [5.41, 5.74) is 0. The molecule has 1 saturated heterocycles. The Morgan fingerprint density at radius 1 is 0.967 bits per heavy atom. The molecule has 1 heterocycles. The molecule has 0 aromatic rings. The van der Waals surface area contributed by atoms with Crippen molar-refractivity contribution < 1.29 is 43.7 Å². The zero-order valence-electron chi connectivity index (χ0n) is 17.1. The van der Waals surface area contributed by atoms with E-state index in [-0.39, 0.29) is 6.61 Å². The third kappa shape index (κ3) is 5.54. The van der Waals surface area contributed by atoms with Gasteiger partial charge in [-0.3, -0.25) is 29.0 Å². The lowest BCUT2D eigenvalue weighted by Gasteiger charge is -2.29. The molecule has 2 rings (SSSR count). The molecule has 11 heteroatoms. The largest absolute Gasteiger partial charge is 0.463 e. The quantitative estimate of drug-likeness (QED) is 0.279. The molecule has 0 radical (unpaired) electrons. The van der Waals surface area contributed by atoms with E-state index in [4.69, 9.17) is 9.47 Å². The molecule has 30 heavy (non-hydrogen) atoms. The summed E-state index contributed by atoms with van der Waals surface area (Å²) in [6.07, 6.45) is 0.653. The van der Waals surface area contributed by atoms with E-state index in [9.17, 15) is 34.2 Å². The molecule has 4 unspecified atom stereocenters. The molecule has 11 nitrogen and oxygen atoms in total. The van der Waals surface area contributed by atoms with Gasteiger partial charge in [0.2, 0.25) is 0 Å². The van der Waals surface area contributed by atoms with E-state index in [1.807, 2.05) is 0 Å². The molecule has 4 amide bonds. The number of carbonyl (C=O) groups excluding carboxylic acids is 5. The normalized spacial score (nSPS) is 24.1.